The first-order chi connectivity index (χ1) is 13.4. The number of amides is 2. The zero-order valence-electron chi connectivity index (χ0n) is 15.5. The van der Waals surface area contributed by atoms with Gasteiger partial charge < -0.3 is 14.5 Å². The van der Waals surface area contributed by atoms with Crippen LogP contribution in [0.5, 0.6) is 0 Å². The topological polar surface area (TPSA) is 89.0 Å². The molecule has 2 atom stereocenters. The Kier molecular flexibility index (Phi) is 4.56. The number of carbonyl (C=O) groups is 3. The molecule has 0 radical (unpaired) electrons. The van der Waals surface area contributed by atoms with Crippen LogP contribution in [-0.4, -0.2) is 53.1 Å². The SMILES string of the molecule is CC1CN(c2ccc(C(=O)ON3C(=O)c4ccccc4C3=O)cn2)CC(C)O1. The Balaban J connectivity index is 1.46. The molecule has 4 rings (SSSR count). The van der Waals surface area contributed by atoms with Crippen molar-refractivity contribution in [1.29, 1.82) is 0 Å². The Morgan fingerprint density at radius 3 is 2.18 bits per heavy atom. The molecular weight excluding hydrogens is 362 g/mol. The van der Waals surface area contributed by atoms with Gasteiger partial charge in [0.15, 0.2) is 0 Å². The number of anilines is 1. The fraction of sp³-hybridized carbons (Fsp3) is 0.300. The average molecular weight is 381 g/mol. The van der Waals surface area contributed by atoms with Crippen molar-refractivity contribution in [2.24, 2.45) is 0 Å². The van der Waals surface area contributed by atoms with Gasteiger partial charge in [0.2, 0.25) is 0 Å². The number of carbonyl (C=O) groups excluding carboxylic acids is 3. The summed E-state index contributed by atoms with van der Waals surface area (Å²) in [6.07, 6.45) is 1.55. The summed E-state index contributed by atoms with van der Waals surface area (Å²) in [5.41, 5.74) is 0.573. The zero-order valence-corrected chi connectivity index (χ0v) is 15.5. The summed E-state index contributed by atoms with van der Waals surface area (Å²) >= 11 is 0. The lowest BCUT2D eigenvalue weighted by atomic mass is 10.1. The Morgan fingerprint density at radius 1 is 1.04 bits per heavy atom. The molecule has 2 aromatic rings. The lowest BCUT2D eigenvalue weighted by Gasteiger charge is -2.36. The molecule has 8 heteroatoms. The van der Waals surface area contributed by atoms with Crippen molar-refractivity contribution < 1.29 is 24.0 Å². The van der Waals surface area contributed by atoms with Gasteiger partial charge >= 0.3 is 5.97 Å². The van der Waals surface area contributed by atoms with E-state index in [0.29, 0.717) is 18.2 Å². The number of imide groups is 1. The van der Waals surface area contributed by atoms with Crippen molar-refractivity contribution >= 4 is 23.6 Å². The summed E-state index contributed by atoms with van der Waals surface area (Å²) in [5, 5.41) is 0.492. The van der Waals surface area contributed by atoms with Crippen LogP contribution in [0, 0.1) is 0 Å². The van der Waals surface area contributed by atoms with Gasteiger partial charge in [0.05, 0.1) is 28.9 Å². The molecule has 2 unspecified atom stereocenters. The van der Waals surface area contributed by atoms with E-state index in [9.17, 15) is 14.4 Å². The quantitative estimate of drug-likeness (QED) is 0.752. The number of nitrogens with zero attached hydrogens (tertiary/aromatic N) is 3. The fourth-order valence-electron chi connectivity index (χ4n) is 3.44. The average Bonchev–Trinajstić information content (AvgIpc) is 2.92. The summed E-state index contributed by atoms with van der Waals surface area (Å²) in [7, 11) is 0. The first-order valence-electron chi connectivity index (χ1n) is 9.00. The third kappa shape index (κ3) is 3.22. The number of ether oxygens (including phenoxy) is 1. The van der Waals surface area contributed by atoms with Crippen LogP contribution in [0.4, 0.5) is 5.82 Å². The molecule has 28 heavy (non-hydrogen) atoms. The maximum atomic E-state index is 12.4. The third-order valence-corrected chi connectivity index (χ3v) is 4.66. The smallest absolute Gasteiger partial charge is 0.365 e. The van der Waals surface area contributed by atoms with Gasteiger partial charge in [-0.05, 0) is 38.1 Å². The molecule has 3 heterocycles. The van der Waals surface area contributed by atoms with Crippen LogP contribution in [0.15, 0.2) is 42.6 Å². The third-order valence-electron chi connectivity index (χ3n) is 4.66. The molecule has 2 aliphatic rings. The van der Waals surface area contributed by atoms with Gasteiger partial charge in [-0.3, -0.25) is 9.59 Å². The van der Waals surface area contributed by atoms with Gasteiger partial charge in [-0.1, -0.05) is 17.2 Å². The van der Waals surface area contributed by atoms with Crippen molar-refractivity contribution in [3.8, 4) is 0 Å². The normalized spacial score (nSPS) is 21.6. The standard InChI is InChI=1S/C20H19N3O5/c1-12-10-22(11-13(2)27-12)17-8-7-14(9-21-17)20(26)28-23-18(24)15-5-3-4-6-16(15)19(23)25/h3-9,12-13H,10-11H2,1-2H3. The number of hydroxylamine groups is 2. The van der Waals surface area contributed by atoms with Crippen molar-refractivity contribution in [3.63, 3.8) is 0 Å². The molecule has 8 nitrogen and oxygen atoms in total. The highest BCUT2D eigenvalue weighted by Crippen LogP contribution is 2.24. The first kappa shape index (κ1) is 18.1. The summed E-state index contributed by atoms with van der Waals surface area (Å²) in [6.45, 7) is 5.40. The van der Waals surface area contributed by atoms with E-state index in [1.807, 2.05) is 13.8 Å². The summed E-state index contributed by atoms with van der Waals surface area (Å²) < 4.78 is 5.71. The van der Waals surface area contributed by atoms with E-state index < -0.39 is 17.8 Å². The molecule has 0 N–H and O–H groups in total. The van der Waals surface area contributed by atoms with Crippen molar-refractivity contribution in [3.05, 3.63) is 59.3 Å². The predicted molar refractivity (Wildman–Crippen MR) is 98.8 cm³/mol. The lowest BCUT2D eigenvalue weighted by Crippen LogP contribution is -2.45. The highest BCUT2D eigenvalue weighted by atomic mass is 16.7. The Bertz CT molecular complexity index is 898. The number of hydrogen-bond acceptors (Lipinski definition) is 7. The number of rotatable bonds is 3. The van der Waals surface area contributed by atoms with Gasteiger partial charge in [0, 0.05) is 19.3 Å². The van der Waals surface area contributed by atoms with Gasteiger partial charge in [0.25, 0.3) is 11.8 Å². The van der Waals surface area contributed by atoms with Crippen molar-refractivity contribution in [2.75, 3.05) is 18.0 Å². The summed E-state index contributed by atoms with van der Waals surface area (Å²) in [6, 6.07) is 9.60. The maximum Gasteiger partial charge on any atom is 0.365 e. The van der Waals surface area contributed by atoms with Gasteiger partial charge in [-0.2, -0.15) is 0 Å². The molecule has 1 saturated heterocycles. The maximum absolute atomic E-state index is 12.4. The Hall–Kier alpha value is -3.26. The van der Waals surface area contributed by atoms with Crippen LogP contribution in [0.2, 0.25) is 0 Å². The van der Waals surface area contributed by atoms with E-state index in [4.69, 9.17) is 9.57 Å². The molecule has 2 amide bonds. The van der Waals surface area contributed by atoms with E-state index in [0.717, 1.165) is 5.82 Å². The summed E-state index contributed by atoms with van der Waals surface area (Å²) in [5.74, 6) is -1.42. The van der Waals surface area contributed by atoms with Crippen LogP contribution < -0.4 is 4.90 Å². The highest BCUT2D eigenvalue weighted by molar-refractivity contribution is 6.21. The van der Waals surface area contributed by atoms with E-state index in [-0.39, 0.29) is 28.9 Å². The lowest BCUT2D eigenvalue weighted by molar-refractivity contribution is -0.0584. The fourth-order valence-corrected chi connectivity index (χ4v) is 3.44. The zero-order chi connectivity index (χ0) is 19.8. The van der Waals surface area contributed by atoms with Crippen LogP contribution in [0.25, 0.3) is 0 Å². The summed E-state index contributed by atoms with van der Waals surface area (Å²) in [4.78, 5) is 48.4. The van der Waals surface area contributed by atoms with E-state index >= 15 is 0 Å². The van der Waals surface area contributed by atoms with E-state index in [2.05, 4.69) is 9.88 Å². The second-order valence-electron chi connectivity index (χ2n) is 6.90. The first-order valence-corrected chi connectivity index (χ1v) is 9.00. The molecule has 1 fully saturated rings. The van der Waals surface area contributed by atoms with Crippen molar-refractivity contribution in [1.82, 2.24) is 10.0 Å². The molecule has 0 saturated carbocycles. The second-order valence-corrected chi connectivity index (χ2v) is 6.90. The van der Waals surface area contributed by atoms with Crippen molar-refractivity contribution in [2.45, 2.75) is 26.1 Å². The Morgan fingerprint density at radius 2 is 1.64 bits per heavy atom. The molecular formula is C20H19N3O5. The van der Waals surface area contributed by atoms with Gasteiger partial charge in [-0.15, -0.1) is 0 Å². The minimum Gasteiger partial charge on any atom is -0.372 e. The van der Waals surface area contributed by atoms with Crippen LogP contribution in [0.3, 0.4) is 0 Å². The molecule has 144 valence electrons. The number of morpholine rings is 1. The van der Waals surface area contributed by atoms with E-state index in [1.165, 1.54) is 18.3 Å². The van der Waals surface area contributed by atoms with Crippen LogP contribution in [-0.2, 0) is 9.57 Å². The molecule has 2 aliphatic heterocycles. The van der Waals surface area contributed by atoms with Crippen LogP contribution >= 0.6 is 0 Å². The van der Waals surface area contributed by atoms with E-state index in [1.54, 1.807) is 24.3 Å². The number of benzene rings is 1. The molecule has 0 spiro atoms. The second kappa shape index (κ2) is 7.05. The van der Waals surface area contributed by atoms with Crippen LogP contribution in [0.1, 0.15) is 44.9 Å². The van der Waals surface area contributed by atoms with Gasteiger partial charge in [-0.25, -0.2) is 9.78 Å². The number of pyridine rings is 1. The monoisotopic (exact) mass is 381 g/mol. The predicted octanol–water partition coefficient (Wildman–Crippen LogP) is 2.06. The molecule has 1 aromatic heterocycles. The van der Waals surface area contributed by atoms with Gasteiger partial charge in [0.1, 0.15) is 5.82 Å². The molecule has 0 aliphatic carbocycles. The largest absolute Gasteiger partial charge is 0.372 e. The number of aromatic nitrogens is 1. The molecule has 1 aromatic carbocycles. The molecule has 0 bridgehead atoms. The minimum atomic E-state index is -0.822. The minimum absolute atomic E-state index is 0.0871. The number of hydrogen-bond donors (Lipinski definition) is 0. The Labute approximate surface area is 161 Å². The number of fused-ring (bicyclic) bond motifs is 1. The highest BCUT2D eigenvalue weighted by Gasteiger charge is 2.38.